The Labute approximate surface area is 127 Å². The zero-order valence-corrected chi connectivity index (χ0v) is 13.1. The van der Waals surface area contributed by atoms with Crippen molar-refractivity contribution in [3.63, 3.8) is 0 Å². The minimum atomic E-state index is -0.349. The van der Waals surface area contributed by atoms with E-state index in [0.29, 0.717) is 12.8 Å². The van der Waals surface area contributed by atoms with Crippen LogP contribution in [-0.4, -0.2) is 23.9 Å². The van der Waals surface area contributed by atoms with Gasteiger partial charge in [-0.15, -0.1) is 0 Å². The molecule has 2 atom stereocenters. The number of rotatable bonds is 5. The van der Waals surface area contributed by atoms with Crippen LogP contribution in [-0.2, 0) is 16.0 Å². The van der Waals surface area contributed by atoms with Gasteiger partial charge in [0.25, 0.3) is 0 Å². The van der Waals surface area contributed by atoms with Crippen molar-refractivity contribution in [2.45, 2.75) is 44.7 Å². The first-order valence-corrected chi connectivity index (χ1v) is 7.68. The van der Waals surface area contributed by atoms with E-state index in [2.05, 4.69) is 38.7 Å². The van der Waals surface area contributed by atoms with E-state index in [1.807, 2.05) is 19.1 Å². The fourth-order valence-electron chi connectivity index (χ4n) is 2.26. The van der Waals surface area contributed by atoms with Gasteiger partial charge in [0.2, 0.25) is 11.8 Å². The highest BCUT2D eigenvalue weighted by molar-refractivity contribution is 9.10. The summed E-state index contributed by atoms with van der Waals surface area (Å²) in [4.78, 5) is 23.0. The van der Waals surface area contributed by atoms with E-state index < -0.39 is 0 Å². The normalized spacial score (nSPS) is 19.5. The van der Waals surface area contributed by atoms with Crippen LogP contribution in [0.5, 0.6) is 0 Å². The van der Waals surface area contributed by atoms with Crippen molar-refractivity contribution in [1.82, 2.24) is 10.6 Å². The molecular weight excluding hydrogens is 320 g/mol. The van der Waals surface area contributed by atoms with Gasteiger partial charge in [0.05, 0.1) is 0 Å². The monoisotopic (exact) mass is 338 g/mol. The molecule has 1 heterocycles. The maximum absolute atomic E-state index is 11.9. The Morgan fingerprint density at radius 3 is 2.75 bits per heavy atom. The summed E-state index contributed by atoms with van der Waals surface area (Å²) in [6, 6.07) is 7.95. The van der Waals surface area contributed by atoms with Crippen molar-refractivity contribution in [3.05, 3.63) is 34.3 Å². The Balaban J connectivity index is 1.74. The Kier molecular flexibility index (Phi) is 5.17. The first kappa shape index (κ1) is 15.0. The van der Waals surface area contributed by atoms with Gasteiger partial charge < -0.3 is 10.6 Å². The lowest BCUT2D eigenvalue weighted by Crippen LogP contribution is -2.45. The second-order valence-electron chi connectivity index (χ2n) is 5.23. The van der Waals surface area contributed by atoms with Gasteiger partial charge in [0.15, 0.2) is 0 Å². The third-order valence-electron chi connectivity index (χ3n) is 3.48. The molecule has 2 unspecified atom stereocenters. The van der Waals surface area contributed by atoms with Crippen LogP contribution in [0.4, 0.5) is 0 Å². The third-order valence-corrected chi connectivity index (χ3v) is 4.01. The summed E-state index contributed by atoms with van der Waals surface area (Å²) in [5.74, 6) is -0.105. The molecule has 5 heteroatoms. The first-order valence-electron chi connectivity index (χ1n) is 6.89. The van der Waals surface area contributed by atoms with Crippen LogP contribution >= 0.6 is 15.9 Å². The molecule has 1 aromatic carbocycles. The number of benzene rings is 1. The van der Waals surface area contributed by atoms with Crippen molar-refractivity contribution in [2.75, 3.05) is 0 Å². The second-order valence-corrected chi connectivity index (χ2v) is 6.15. The molecule has 108 valence electrons. The second kappa shape index (κ2) is 6.88. The van der Waals surface area contributed by atoms with E-state index in [9.17, 15) is 9.59 Å². The van der Waals surface area contributed by atoms with Crippen molar-refractivity contribution in [2.24, 2.45) is 0 Å². The molecule has 2 amide bonds. The van der Waals surface area contributed by atoms with Gasteiger partial charge in [-0.25, -0.2) is 0 Å². The Bertz CT molecular complexity index is 487. The third kappa shape index (κ3) is 4.34. The summed E-state index contributed by atoms with van der Waals surface area (Å²) in [7, 11) is 0. The van der Waals surface area contributed by atoms with Crippen molar-refractivity contribution < 1.29 is 9.59 Å². The summed E-state index contributed by atoms with van der Waals surface area (Å²) in [5.41, 5.74) is 1.25. The largest absolute Gasteiger partial charge is 0.352 e. The minimum Gasteiger partial charge on any atom is -0.352 e. The number of carbonyl (C=O) groups is 2. The molecule has 1 fully saturated rings. The Hall–Kier alpha value is -1.36. The van der Waals surface area contributed by atoms with E-state index in [-0.39, 0.29) is 23.9 Å². The summed E-state index contributed by atoms with van der Waals surface area (Å²) in [5, 5.41) is 5.64. The molecule has 4 nitrogen and oxygen atoms in total. The van der Waals surface area contributed by atoms with Crippen LogP contribution < -0.4 is 10.6 Å². The lowest BCUT2D eigenvalue weighted by Gasteiger charge is -2.17. The lowest BCUT2D eigenvalue weighted by atomic mass is 10.1. The van der Waals surface area contributed by atoms with Crippen LogP contribution in [0.2, 0.25) is 0 Å². The van der Waals surface area contributed by atoms with Gasteiger partial charge in [-0.05, 0) is 43.9 Å². The maximum atomic E-state index is 11.9. The van der Waals surface area contributed by atoms with Crippen LogP contribution in [0.1, 0.15) is 31.7 Å². The Morgan fingerprint density at radius 2 is 2.15 bits per heavy atom. The highest BCUT2D eigenvalue weighted by Gasteiger charge is 2.27. The SMILES string of the molecule is CC(CCc1ccc(Br)cc1)NC(=O)C1CCC(=O)N1. The molecule has 1 aliphatic rings. The average Bonchev–Trinajstić information content (AvgIpc) is 2.85. The van der Waals surface area contributed by atoms with Crippen LogP contribution in [0.15, 0.2) is 28.7 Å². The fourth-order valence-corrected chi connectivity index (χ4v) is 2.52. The minimum absolute atomic E-state index is 0.0346. The van der Waals surface area contributed by atoms with E-state index in [0.717, 1.165) is 17.3 Å². The number of carbonyl (C=O) groups excluding carboxylic acids is 2. The van der Waals surface area contributed by atoms with E-state index in [4.69, 9.17) is 0 Å². The summed E-state index contributed by atoms with van der Waals surface area (Å²) in [6.45, 7) is 1.99. The highest BCUT2D eigenvalue weighted by Crippen LogP contribution is 2.13. The summed E-state index contributed by atoms with van der Waals surface area (Å²) in [6.07, 6.45) is 2.86. The number of halogens is 1. The van der Waals surface area contributed by atoms with Gasteiger partial charge in [-0.1, -0.05) is 28.1 Å². The highest BCUT2D eigenvalue weighted by atomic mass is 79.9. The van der Waals surface area contributed by atoms with Crippen molar-refractivity contribution in [3.8, 4) is 0 Å². The molecule has 0 spiro atoms. The van der Waals surface area contributed by atoms with Gasteiger partial charge >= 0.3 is 0 Å². The lowest BCUT2D eigenvalue weighted by molar-refractivity contribution is -0.126. The molecule has 0 bridgehead atoms. The number of hydrogen-bond donors (Lipinski definition) is 2. The molecule has 1 aromatic rings. The quantitative estimate of drug-likeness (QED) is 0.864. The molecule has 0 aromatic heterocycles. The number of aryl methyl sites for hydroxylation is 1. The zero-order valence-electron chi connectivity index (χ0n) is 11.5. The molecule has 1 aliphatic heterocycles. The Morgan fingerprint density at radius 1 is 1.45 bits per heavy atom. The molecule has 2 N–H and O–H groups in total. The van der Waals surface area contributed by atoms with E-state index >= 15 is 0 Å². The van der Waals surface area contributed by atoms with Gasteiger partial charge in [0, 0.05) is 16.9 Å². The molecule has 0 aliphatic carbocycles. The van der Waals surface area contributed by atoms with Crippen LogP contribution in [0, 0.1) is 0 Å². The molecule has 20 heavy (non-hydrogen) atoms. The smallest absolute Gasteiger partial charge is 0.242 e. The summed E-state index contributed by atoms with van der Waals surface area (Å²) >= 11 is 3.41. The molecular formula is C15H19BrN2O2. The van der Waals surface area contributed by atoms with Crippen LogP contribution in [0.3, 0.4) is 0 Å². The number of nitrogens with one attached hydrogen (secondary N) is 2. The number of hydrogen-bond acceptors (Lipinski definition) is 2. The molecule has 0 saturated carbocycles. The van der Waals surface area contributed by atoms with Crippen molar-refractivity contribution in [1.29, 1.82) is 0 Å². The molecule has 2 rings (SSSR count). The van der Waals surface area contributed by atoms with Crippen molar-refractivity contribution >= 4 is 27.7 Å². The zero-order chi connectivity index (χ0) is 14.5. The predicted octanol–water partition coefficient (Wildman–Crippen LogP) is 2.16. The average molecular weight is 339 g/mol. The van der Waals surface area contributed by atoms with Crippen LogP contribution in [0.25, 0.3) is 0 Å². The first-order chi connectivity index (χ1) is 9.54. The standard InChI is InChI=1S/C15H19BrN2O2/c1-10(2-3-11-4-6-12(16)7-5-11)17-15(20)13-8-9-14(19)18-13/h4-7,10,13H,2-3,8-9H2,1H3,(H,17,20)(H,18,19). The van der Waals surface area contributed by atoms with Gasteiger partial charge in [0.1, 0.15) is 6.04 Å². The number of amides is 2. The summed E-state index contributed by atoms with van der Waals surface area (Å²) < 4.78 is 1.07. The van der Waals surface area contributed by atoms with E-state index in [1.54, 1.807) is 0 Å². The maximum Gasteiger partial charge on any atom is 0.242 e. The fraction of sp³-hybridized carbons (Fsp3) is 0.467. The van der Waals surface area contributed by atoms with Gasteiger partial charge in [-0.2, -0.15) is 0 Å². The molecule has 0 radical (unpaired) electrons. The van der Waals surface area contributed by atoms with E-state index in [1.165, 1.54) is 5.56 Å². The topological polar surface area (TPSA) is 58.2 Å². The van der Waals surface area contributed by atoms with Gasteiger partial charge in [-0.3, -0.25) is 9.59 Å². The molecule has 1 saturated heterocycles. The predicted molar refractivity (Wildman–Crippen MR) is 81.2 cm³/mol.